The van der Waals surface area contributed by atoms with Crippen molar-refractivity contribution in [1.29, 1.82) is 0 Å². The maximum atomic E-state index is 12.8. The van der Waals surface area contributed by atoms with E-state index in [4.69, 9.17) is 4.18 Å². The van der Waals surface area contributed by atoms with E-state index in [0.717, 1.165) is 5.56 Å². The number of rotatable bonds is 8. The van der Waals surface area contributed by atoms with Crippen molar-refractivity contribution in [3.8, 4) is 0 Å². The summed E-state index contributed by atoms with van der Waals surface area (Å²) in [4.78, 5) is 51.6. The lowest BCUT2D eigenvalue weighted by Crippen LogP contribution is -2.60. The zero-order chi connectivity index (χ0) is 28.4. The summed E-state index contributed by atoms with van der Waals surface area (Å²) in [6.45, 7) is 1.83. The van der Waals surface area contributed by atoms with Gasteiger partial charge in [-0.25, -0.2) is 0 Å². The lowest BCUT2D eigenvalue weighted by atomic mass is 9.92. The number of fused-ring (bicyclic) bond motifs is 1. The van der Waals surface area contributed by atoms with Crippen molar-refractivity contribution in [2.45, 2.75) is 17.9 Å². The predicted octanol–water partition coefficient (Wildman–Crippen LogP) is 2.72. The van der Waals surface area contributed by atoms with Gasteiger partial charge in [0.25, 0.3) is 21.9 Å². The van der Waals surface area contributed by atoms with E-state index in [1.54, 1.807) is 53.4 Å². The Balaban J connectivity index is 1.10. The smallest absolute Gasteiger partial charge is 0.297 e. The minimum Gasteiger partial charge on any atom is -0.375 e. The molecule has 0 unspecified atom stereocenters. The number of Topliss-reactive ketones (excluding diaryl/α,β-unsaturated/α-hetero) is 1. The number of allylic oxidation sites excluding steroid dienone is 2. The molecule has 1 aliphatic heterocycles. The zero-order valence-electron chi connectivity index (χ0n) is 21.4. The van der Waals surface area contributed by atoms with Crippen molar-refractivity contribution in [1.82, 2.24) is 10.2 Å². The topological polar surface area (TPSA) is 139 Å². The van der Waals surface area contributed by atoms with Gasteiger partial charge in [-0.05, 0) is 43.3 Å². The van der Waals surface area contributed by atoms with Crippen molar-refractivity contribution in [3.05, 3.63) is 107 Å². The van der Waals surface area contributed by atoms with Crippen LogP contribution in [0.3, 0.4) is 0 Å². The number of amides is 2. The molecule has 2 amide bonds. The van der Waals surface area contributed by atoms with Crippen molar-refractivity contribution >= 4 is 39.2 Å². The van der Waals surface area contributed by atoms with Crippen molar-refractivity contribution < 1.29 is 31.8 Å². The number of anilines is 1. The van der Waals surface area contributed by atoms with Gasteiger partial charge in [0.15, 0.2) is 5.78 Å². The molecule has 0 atom stereocenters. The Morgan fingerprint density at radius 3 is 2.25 bits per heavy atom. The number of hydrogen-bond acceptors (Lipinski definition) is 8. The van der Waals surface area contributed by atoms with E-state index in [9.17, 15) is 27.6 Å². The van der Waals surface area contributed by atoms with Gasteiger partial charge in [0.1, 0.15) is 6.61 Å². The third kappa shape index (κ3) is 5.70. The van der Waals surface area contributed by atoms with Crippen LogP contribution in [0.2, 0.25) is 0 Å². The third-order valence-corrected chi connectivity index (χ3v) is 7.83. The van der Waals surface area contributed by atoms with Crippen LogP contribution in [0.4, 0.5) is 5.69 Å². The molecule has 0 aromatic heterocycles. The van der Waals surface area contributed by atoms with Gasteiger partial charge in [-0.1, -0.05) is 42.0 Å². The molecule has 1 saturated heterocycles. The summed E-state index contributed by atoms with van der Waals surface area (Å²) >= 11 is 0. The van der Waals surface area contributed by atoms with E-state index in [1.807, 2.05) is 6.92 Å². The van der Waals surface area contributed by atoms with Crippen LogP contribution in [0.25, 0.3) is 0 Å². The van der Waals surface area contributed by atoms with Crippen LogP contribution in [0.5, 0.6) is 0 Å². The Morgan fingerprint density at radius 1 is 0.925 bits per heavy atom. The summed E-state index contributed by atoms with van der Waals surface area (Å²) in [7, 11) is -4.08. The van der Waals surface area contributed by atoms with Crippen LogP contribution in [0.15, 0.2) is 89.5 Å². The summed E-state index contributed by atoms with van der Waals surface area (Å²) in [5.41, 5.74) is 2.61. The largest absolute Gasteiger partial charge is 0.375 e. The minimum absolute atomic E-state index is 0.0434. The van der Waals surface area contributed by atoms with E-state index in [-0.39, 0.29) is 34.1 Å². The van der Waals surface area contributed by atoms with Gasteiger partial charge in [0, 0.05) is 41.5 Å². The Morgan fingerprint density at radius 2 is 1.57 bits per heavy atom. The highest BCUT2D eigenvalue weighted by Gasteiger charge is 2.34. The fourth-order valence-electron chi connectivity index (χ4n) is 4.36. The molecule has 0 saturated carbocycles. The molecule has 1 aliphatic carbocycles. The number of carbonyl (C=O) groups is 4. The number of nitrogens with one attached hydrogen (secondary N) is 2. The van der Waals surface area contributed by atoms with Crippen molar-refractivity contribution in [2.24, 2.45) is 0 Å². The highest BCUT2D eigenvalue weighted by Crippen LogP contribution is 2.22. The fraction of sp³-hybridized carbons (Fsp3) is 0.172. The first-order valence-electron chi connectivity index (χ1n) is 12.4. The second-order valence-corrected chi connectivity index (χ2v) is 11.1. The van der Waals surface area contributed by atoms with Gasteiger partial charge in [0.05, 0.1) is 16.6 Å². The molecule has 3 aromatic carbocycles. The van der Waals surface area contributed by atoms with Crippen LogP contribution < -0.4 is 10.6 Å². The number of aryl methyl sites for hydroxylation is 1. The van der Waals surface area contributed by atoms with Crippen LogP contribution in [0, 0.1) is 6.92 Å². The Kier molecular flexibility index (Phi) is 7.33. The summed E-state index contributed by atoms with van der Waals surface area (Å²) < 4.78 is 29.3. The molecule has 0 spiro atoms. The molecular weight excluding hydrogens is 534 g/mol. The van der Waals surface area contributed by atoms with Crippen molar-refractivity contribution in [2.75, 3.05) is 25.0 Å². The van der Waals surface area contributed by atoms with E-state index < -0.39 is 22.6 Å². The quantitative estimate of drug-likeness (QED) is 0.402. The zero-order valence-corrected chi connectivity index (χ0v) is 22.2. The molecule has 0 bridgehead atoms. The summed E-state index contributed by atoms with van der Waals surface area (Å²) in [6, 6.07) is 18.7. The number of benzene rings is 3. The molecule has 204 valence electrons. The highest BCUT2D eigenvalue weighted by molar-refractivity contribution is 7.86. The molecule has 0 radical (unpaired) electrons. The predicted molar refractivity (Wildman–Crippen MR) is 145 cm³/mol. The van der Waals surface area contributed by atoms with Gasteiger partial charge in [-0.2, -0.15) is 8.42 Å². The van der Waals surface area contributed by atoms with E-state index in [1.165, 1.54) is 30.3 Å². The number of carbonyl (C=O) groups excluding carboxylic acids is 4. The Bertz CT molecular complexity index is 1640. The Hall–Kier alpha value is -4.61. The molecule has 5 rings (SSSR count). The van der Waals surface area contributed by atoms with Gasteiger partial charge < -0.3 is 15.5 Å². The average molecular weight is 560 g/mol. The van der Waals surface area contributed by atoms with Gasteiger partial charge in [-0.3, -0.25) is 23.4 Å². The van der Waals surface area contributed by atoms with E-state index >= 15 is 0 Å². The average Bonchev–Trinajstić information content (AvgIpc) is 2.92. The fourth-order valence-corrected chi connectivity index (χ4v) is 5.23. The number of ketones is 2. The molecule has 1 heterocycles. The second kappa shape index (κ2) is 10.9. The van der Waals surface area contributed by atoms with Crippen LogP contribution in [-0.4, -0.2) is 62.4 Å². The summed E-state index contributed by atoms with van der Waals surface area (Å²) in [5, 5.41) is 5.61. The van der Waals surface area contributed by atoms with Crippen LogP contribution in [0.1, 0.15) is 36.6 Å². The first-order chi connectivity index (χ1) is 19.1. The highest BCUT2D eigenvalue weighted by atomic mass is 32.2. The van der Waals surface area contributed by atoms with Gasteiger partial charge >= 0.3 is 0 Å². The number of nitrogens with zero attached hydrogens (tertiary/aromatic N) is 1. The SMILES string of the molecule is Cc1ccc(S(=O)(=O)OCC(=O)Nc2ccc(C(=O)N3CC(NC4=CC(=O)c5ccccc5C4=O)C3)cc2)cc1. The molecule has 10 nitrogen and oxygen atoms in total. The molecule has 1 fully saturated rings. The number of likely N-dealkylation sites (tertiary alicyclic amines) is 1. The van der Waals surface area contributed by atoms with E-state index in [0.29, 0.717) is 35.5 Å². The molecule has 2 aliphatic rings. The van der Waals surface area contributed by atoms with Crippen molar-refractivity contribution in [3.63, 3.8) is 0 Å². The monoisotopic (exact) mass is 559 g/mol. The maximum absolute atomic E-state index is 12.8. The Labute approximate surface area is 230 Å². The lowest BCUT2D eigenvalue weighted by Gasteiger charge is -2.40. The molecule has 2 N–H and O–H groups in total. The first kappa shape index (κ1) is 27.0. The molecule has 40 heavy (non-hydrogen) atoms. The standard InChI is InChI=1S/C29H25N3O7S/c1-18-6-12-22(13-7-18)40(37,38)39-17-27(34)31-20-10-8-19(9-11-20)29(36)32-15-21(16-32)30-25-14-26(33)23-4-2-3-5-24(23)28(25)35/h2-14,21,30H,15-17H2,1H3,(H,31,34). The van der Waals surface area contributed by atoms with Crippen LogP contribution in [-0.2, 0) is 19.1 Å². The second-order valence-electron chi connectivity index (χ2n) is 9.50. The summed E-state index contributed by atoms with van der Waals surface area (Å²) in [6.07, 6.45) is 1.30. The maximum Gasteiger partial charge on any atom is 0.297 e. The first-order valence-corrected chi connectivity index (χ1v) is 13.8. The van der Waals surface area contributed by atoms with Gasteiger partial charge in [0.2, 0.25) is 5.78 Å². The summed E-state index contributed by atoms with van der Waals surface area (Å²) in [5.74, 6) is -1.39. The van der Waals surface area contributed by atoms with E-state index in [2.05, 4.69) is 10.6 Å². The van der Waals surface area contributed by atoms with Gasteiger partial charge in [-0.15, -0.1) is 0 Å². The third-order valence-electron chi connectivity index (χ3n) is 6.56. The molecular formula is C29H25N3O7S. The normalized spacial score (nSPS) is 15.1. The molecule has 3 aromatic rings. The van der Waals surface area contributed by atoms with Crippen LogP contribution >= 0.6 is 0 Å². The lowest BCUT2D eigenvalue weighted by molar-refractivity contribution is -0.118. The minimum atomic E-state index is -4.08. The number of hydrogen-bond donors (Lipinski definition) is 2. The molecule has 11 heteroatoms.